The highest BCUT2D eigenvalue weighted by Crippen LogP contribution is 2.34. The third-order valence-electron chi connectivity index (χ3n) is 3.25. The number of piperidine rings is 1. The highest BCUT2D eigenvalue weighted by molar-refractivity contribution is 5.77. The molecule has 0 aromatic carbocycles. The lowest BCUT2D eigenvalue weighted by molar-refractivity contribution is -0.138. The van der Waals surface area contributed by atoms with Crippen LogP contribution in [0.3, 0.4) is 0 Å². The van der Waals surface area contributed by atoms with Crippen molar-refractivity contribution < 1.29 is 9.90 Å². The molecular weight excluding hydrogens is 166 g/mol. The largest absolute Gasteiger partial charge is 0.387 e. The summed E-state index contributed by atoms with van der Waals surface area (Å²) in [7, 11) is 0. The van der Waals surface area contributed by atoms with E-state index in [1.807, 2.05) is 0 Å². The maximum Gasteiger partial charge on any atom is 0.248 e. The Morgan fingerprint density at radius 3 is 2.69 bits per heavy atom. The van der Waals surface area contributed by atoms with Gasteiger partial charge >= 0.3 is 0 Å². The summed E-state index contributed by atoms with van der Waals surface area (Å²) in [5.41, 5.74) is 0.184. The van der Waals surface area contributed by atoms with Gasteiger partial charge < -0.3 is 10.0 Å². The molecule has 1 rings (SSSR count). The molecule has 1 heterocycles. The van der Waals surface area contributed by atoms with Crippen LogP contribution in [0.5, 0.6) is 0 Å². The van der Waals surface area contributed by atoms with Crippen LogP contribution in [-0.2, 0) is 4.79 Å². The van der Waals surface area contributed by atoms with E-state index in [4.69, 9.17) is 5.11 Å². The maximum absolute atomic E-state index is 11.2. The Labute approximate surface area is 79.7 Å². The fourth-order valence-electron chi connectivity index (χ4n) is 1.78. The lowest BCUT2D eigenvalue weighted by atomic mass is 9.75. The van der Waals surface area contributed by atoms with Gasteiger partial charge in [0.2, 0.25) is 5.91 Å². The van der Waals surface area contributed by atoms with Gasteiger partial charge in [-0.25, -0.2) is 0 Å². The van der Waals surface area contributed by atoms with Crippen LogP contribution in [-0.4, -0.2) is 35.6 Å². The van der Waals surface area contributed by atoms with Crippen molar-refractivity contribution in [3.63, 3.8) is 0 Å². The van der Waals surface area contributed by atoms with Gasteiger partial charge in [-0.1, -0.05) is 20.8 Å². The van der Waals surface area contributed by atoms with Crippen molar-refractivity contribution in [2.24, 2.45) is 11.3 Å². The Bertz CT molecular complexity index is 201. The highest BCUT2D eigenvalue weighted by Gasteiger charge is 2.34. The molecule has 1 aliphatic heterocycles. The molecule has 1 aliphatic rings. The molecule has 1 N–H and O–H groups in total. The maximum atomic E-state index is 11.2. The van der Waals surface area contributed by atoms with Crippen molar-refractivity contribution in [1.82, 2.24) is 4.90 Å². The summed E-state index contributed by atoms with van der Waals surface area (Å²) < 4.78 is 0. The van der Waals surface area contributed by atoms with E-state index >= 15 is 0 Å². The zero-order chi connectivity index (χ0) is 10.1. The minimum absolute atomic E-state index is 0.139. The zero-order valence-electron chi connectivity index (χ0n) is 8.71. The Morgan fingerprint density at radius 1 is 1.62 bits per heavy atom. The first-order valence-corrected chi connectivity index (χ1v) is 4.86. The first-order chi connectivity index (χ1) is 5.97. The third kappa shape index (κ3) is 2.21. The first kappa shape index (κ1) is 10.5. The topological polar surface area (TPSA) is 40.5 Å². The van der Waals surface area contributed by atoms with Crippen LogP contribution in [0, 0.1) is 11.3 Å². The van der Waals surface area contributed by atoms with Gasteiger partial charge in [0.25, 0.3) is 0 Å². The molecule has 1 unspecified atom stereocenters. The lowest BCUT2D eigenvalue weighted by Gasteiger charge is -2.42. The van der Waals surface area contributed by atoms with Crippen molar-refractivity contribution in [3.8, 4) is 0 Å². The molecule has 0 aliphatic carbocycles. The quantitative estimate of drug-likeness (QED) is 0.658. The van der Waals surface area contributed by atoms with E-state index in [0.717, 1.165) is 19.5 Å². The van der Waals surface area contributed by atoms with E-state index < -0.39 is 0 Å². The highest BCUT2D eigenvalue weighted by atomic mass is 16.3. The predicted octanol–water partition coefficient (Wildman–Crippen LogP) is 0.873. The molecule has 0 saturated carbocycles. The predicted molar refractivity (Wildman–Crippen MR) is 51.2 cm³/mol. The van der Waals surface area contributed by atoms with E-state index in [0.29, 0.717) is 5.92 Å². The summed E-state index contributed by atoms with van der Waals surface area (Å²) in [4.78, 5) is 13.0. The minimum Gasteiger partial charge on any atom is -0.387 e. The van der Waals surface area contributed by atoms with Crippen molar-refractivity contribution in [1.29, 1.82) is 0 Å². The number of hydrogen-bond donors (Lipinski definition) is 1. The minimum atomic E-state index is -0.357. The van der Waals surface area contributed by atoms with E-state index in [9.17, 15) is 4.79 Å². The van der Waals surface area contributed by atoms with Crippen LogP contribution in [0.2, 0.25) is 0 Å². The van der Waals surface area contributed by atoms with E-state index in [-0.39, 0.29) is 17.9 Å². The number of hydrogen-bond acceptors (Lipinski definition) is 2. The van der Waals surface area contributed by atoms with Crippen LogP contribution < -0.4 is 0 Å². The number of carbonyl (C=O) groups is 1. The second-order valence-electron chi connectivity index (χ2n) is 4.65. The Balaban J connectivity index is 2.60. The van der Waals surface area contributed by atoms with Gasteiger partial charge in [-0.2, -0.15) is 0 Å². The Hall–Kier alpha value is -0.570. The third-order valence-corrected chi connectivity index (χ3v) is 3.25. The van der Waals surface area contributed by atoms with Crippen LogP contribution in [0.4, 0.5) is 0 Å². The van der Waals surface area contributed by atoms with Crippen LogP contribution in [0.1, 0.15) is 27.2 Å². The number of nitrogens with zero attached hydrogens (tertiary/aromatic N) is 1. The van der Waals surface area contributed by atoms with Crippen LogP contribution >= 0.6 is 0 Å². The molecule has 76 valence electrons. The lowest BCUT2D eigenvalue weighted by Crippen LogP contribution is -2.48. The molecule has 0 radical (unpaired) electrons. The SMILES string of the molecule is CC1CCN(C(=O)CO)CC1(C)C. The molecule has 0 bridgehead atoms. The fraction of sp³-hybridized carbons (Fsp3) is 0.900. The van der Waals surface area contributed by atoms with E-state index in [1.54, 1.807) is 4.90 Å². The summed E-state index contributed by atoms with van der Waals surface area (Å²) in [6.07, 6.45) is 1.04. The number of rotatable bonds is 1. The summed E-state index contributed by atoms with van der Waals surface area (Å²) in [5.74, 6) is 0.509. The Morgan fingerprint density at radius 2 is 2.23 bits per heavy atom. The van der Waals surface area contributed by atoms with E-state index in [1.165, 1.54) is 0 Å². The molecule has 3 heteroatoms. The first-order valence-electron chi connectivity index (χ1n) is 4.86. The van der Waals surface area contributed by atoms with E-state index in [2.05, 4.69) is 20.8 Å². The normalized spacial score (nSPS) is 27.4. The molecule has 1 atom stereocenters. The van der Waals surface area contributed by atoms with Crippen molar-refractivity contribution in [2.45, 2.75) is 27.2 Å². The average Bonchev–Trinajstić information content (AvgIpc) is 2.08. The zero-order valence-corrected chi connectivity index (χ0v) is 8.71. The number of aliphatic hydroxyl groups is 1. The number of carbonyl (C=O) groups excluding carboxylic acids is 1. The molecule has 13 heavy (non-hydrogen) atoms. The van der Waals surface area contributed by atoms with Crippen LogP contribution in [0.15, 0.2) is 0 Å². The van der Waals surface area contributed by atoms with Gasteiger partial charge in [-0.15, -0.1) is 0 Å². The summed E-state index contributed by atoms with van der Waals surface area (Å²) in [6.45, 7) is 7.78. The Kier molecular flexibility index (Phi) is 2.96. The molecular formula is C10H19NO2. The van der Waals surface area contributed by atoms with Gasteiger partial charge in [0.15, 0.2) is 0 Å². The summed E-state index contributed by atoms with van der Waals surface area (Å²) in [6, 6.07) is 0. The molecule has 1 amide bonds. The molecule has 1 saturated heterocycles. The second-order valence-corrected chi connectivity index (χ2v) is 4.65. The molecule has 1 fully saturated rings. The number of amides is 1. The van der Waals surface area contributed by atoms with Gasteiger partial charge in [0, 0.05) is 13.1 Å². The number of likely N-dealkylation sites (tertiary alicyclic amines) is 1. The molecule has 3 nitrogen and oxygen atoms in total. The summed E-state index contributed by atoms with van der Waals surface area (Å²) in [5, 5.41) is 8.73. The fourth-order valence-corrected chi connectivity index (χ4v) is 1.78. The molecule has 0 aromatic heterocycles. The monoisotopic (exact) mass is 185 g/mol. The molecule has 0 aromatic rings. The average molecular weight is 185 g/mol. The van der Waals surface area contributed by atoms with Crippen LogP contribution in [0.25, 0.3) is 0 Å². The summed E-state index contributed by atoms with van der Waals surface area (Å²) >= 11 is 0. The van der Waals surface area contributed by atoms with Gasteiger partial charge in [-0.05, 0) is 17.8 Å². The van der Waals surface area contributed by atoms with Gasteiger partial charge in [0.05, 0.1) is 0 Å². The number of aliphatic hydroxyl groups excluding tert-OH is 1. The standard InChI is InChI=1S/C10H19NO2/c1-8-4-5-11(9(13)6-12)7-10(8,2)3/h8,12H,4-7H2,1-3H3. The smallest absolute Gasteiger partial charge is 0.248 e. The van der Waals surface area contributed by atoms with Crippen molar-refractivity contribution in [2.75, 3.05) is 19.7 Å². The van der Waals surface area contributed by atoms with Crippen molar-refractivity contribution >= 4 is 5.91 Å². The van der Waals surface area contributed by atoms with Gasteiger partial charge in [0.1, 0.15) is 6.61 Å². The van der Waals surface area contributed by atoms with Gasteiger partial charge in [-0.3, -0.25) is 4.79 Å². The second kappa shape index (κ2) is 3.66. The van der Waals surface area contributed by atoms with Crippen molar-refractivity contribution in [3.05, 3.63) is 0 Å². The molecule has 0 spiro atoms.